The zero-order chi connectivity index (χ0) is 11.8. The highest BCUT2D eigenvalue weighted by molar-refractivity contribution is 5.69. The van der Waals surface area contributed by atoms with E-state index < -0.39 is 24.6 Å². The molecule has 15 heavy (non-hydrogen) atoms. The Hall–Kier alpha value is -1.18. The zero-order valence-corrected chi connectivity index (χ0v) is 8.47. The summed E-state index contributed by atoms with van der Waals surface area (Å²) in [6.45, 7) is 1.15. The summed E-state index contributed by atoms with van der Waals surface area (Å²) in [5, 5.41) is 19.4. The molecule has 5 N–H and O–H groups in total. The van der Waals surface area contributed by atoms with Crippen LogP contribution in [0, 0.1) is 0 Å². The number of rotatable bonds is 8. The molecule has 7 nitrogen and oxygen atoms in total. The molecule has 0 bridgehead atoms. The van der Waals surface area contributed by atoms with Crippen LogP contribution in [-0.2, 0) is 14.3 Å². The summed E-state index contributed by atoms with van der Waals surface area (Å²) < 4.78 is 4.95. The summed E-state index contributed by atoms with van der Waals surface area (Å²) in [6, 6.07) is -0.375. The first-order valence-corrected chi connectivity index (χ1v) is 4.46. The third-order valence-electron chi connectivity index (χ3n) is 1.81. The lowest BCUT2D eigenvalue weighted by Crippen LogP contribution is -2.47. The summed E-state index contributed by atoms with van der Waals surface area (Å²) >= 11 is 0. The van der Waals surface area contributed by atoms with Crippen molar-refractivity contribution in [1.29, 1.82) is 0 Å². The van der Waals surface area contributed by atoms with Gasteiger partial charge >= 0.3 is 11.9 Å². The molecule has 0 aromatic rings. The second-order valence-corrected chi connectivity index (χ2v) is 3.03. The van der Waals surface area contributed by atoms with Crippen molar-refractivity contribution in [3.05, 3.63) is 0 Å². The minimum atomic E-state index is -1.07. The van der Waals surface area contributed by atoms with Crippen LogP contribution in [0.5, 0.6) is 0 Å². The van der Waals surface area contributed by atoms with Crippen molar-refractivity contribution >= 4 is 11.9 Å². The van der Waals surface area contributed by atoms with Crippen LogP contribution in [0.15, 0.2) is 0 Å². The molecule has 0 aliphatic heterocycles. The summed E-state index contributed by atoms with van der Waals surface area (Å²) in [5.41, 5.74) is 5.38. The minimum Gasteiger partial charge on any atom is -0.480 e. The molecule has 0 heterocycles. The number of ether oxygens (including phenoxy) is 1. The van der Waals surface area contributed by atoms with Crippen LogP contribution in [0.25, 0.3) is 0 Å². The fourth-order valence-corrected chi connectivity index (χ4v) is 0.978. The fraction of sp³-hybridized carbons (Fsp3) is 0.750. The van der Waals surface area contributed by atoms with E-state index in [1.165, 1.54) is 0 Å². The molecule has 88 valence electrons. The average molecular weight is 220 g/mol. The van der Waals surface area contributed by atoms with Crippen molar-refractivity contribution in [2.45, 2.75) is 19.1 Å². The van der Waals surface area contributed by atoms with Crippen molar-refractivity contribution in [1.82, 2.24) is 5.32 Å². The van der Waals surface area contributed by atoms with Gasteiger partial charge in [-0.25, -0.2) is 4.79 Å². The normalized spacial score (nSPS) is 14.5. The van der Waals surface area contributed by atoms with Gasteiger partial charge in [-0.05, 0) is 6.92 Å². The third kappa shape index (κ3) is 6.83. The van der Waals surface area contributed by atoms with E-state index in [9.17, 15) is 9.59 Å². The van der Waals surface area contributed by atoms with E-state index in [4.69, 9.17) is 20.7 Å². The van der Waals surface area contributed by atoms with E-state index in [-0.39, 0.29) is 19.1 Å². The first-order valence-electron chi connectivity index (χ1n) is 4.46. The average Bonchev–Trinajstić information content (AvgIpc) is 2.15. The van der Waals surface area contributed by atoms with Gasteiger partial charge in [0.25, 0.3) is 0 Å². The zero-order valence-electron chi connectivity index (χ0n) is 8.47. The molecule has 0 aromatic heterocycles. The standard InChI is InChI=1S/C8H16N2O5/c1-5(15-4-8(13)14)6(2-9)10-3-7(11)12/h5-6,10H,2-4,9H2,1H3,(H,11,12)(H,13,14). The molecule has 0 saturated carbocycles. The van der Waals surface area contributed by atoms with Crippen LogP contribution < -0.4 is 11.1 Å². The van der Waals surface area contributed by atoms with E-state index in [0.29, 0.717) is 0 Å². The lowest BCUT2D eigenvalue weighted by atomic mass is 10.2. The predicted molar refractivity (Wildman–Crippen MR) is 51.5 cm³/mol. The maximum atomic E-state index is 10.3. The minimum absolute atomic E-state index is 0.175. The Kier molecular flexibility index (Phi) is 6.59. The highest BCUT2D eigenvalue weighted by Gasteiger charge is 2.17. The molecule has 0 aromatic carbocycles. The van der Waals surface area contributed by atoms with Crippen LogP contribution in [-0.4, -0.2) is 54.0 Å². The van der Waals surface area contributed by atoms with Gasteiger partial charge in [0.2, 0.25) is 0 Å². The first kappa shape index (κ1) is 13.8. The topological polar surface area (TPSA) is 122 Å². The van der Waals surface area contributed by atoms with Crippen molar-refractivity contribution in [3.63, 3.8) is 0 Å². The van der Waals surface area contributed by atoms with Gasteiger partial charge in [0.15, 0.2) is 0 Å². The number of nitrogens with one attached hydrogen (secondary N) is 1. The molecular weight excluding hydrogens is 204 g/mol. The molecule has 0 spiro atoms. The highest BCUT2D eigenvalue weighted by atomic mass is 16.5. The lowest BCUT2D eigenvalue weighted by Gasteiger charge is -2.22. The Morgan fingerprint density at radius 3 is 2.40 bits per heavy atom. The Labute approximate surface area is 87.2 Å². The second-order valence-electron chi connectivity index (χ2n) is 3.03. The van der Waals surface area contributed by atoms with Crippen molar-refractivity contribution in [2.75, 3.05) is 19.7 Å². The molecule has 2 unspecified atom stereocenters. The second kappa shape index (κ2) is 7.16. The van der Waals surface area contributed by atoms with Gasteiger partial charge in [-0.3, -0.25) is 4.79 Å². The number of aliphatic carboxylic acids is 2. The monoisotopic (exact) mass is 220 g/mol. The maximum absolute atomic E-state index is 10.3. The molecule has 2 atom stereocenters. The molecule has 0 amide bonds. The lowest BCUT2D eigenvalue weighted by molar-refractivity contribution is -0.145. The third-order valence-corrected chi connectivity index (χ3v) is 1.81. The number of carbonyl (C=O) groups is 2. The largest absolute Gasteiger partial charge is 0.480 e. The van der Waals surface area contributed by atoms with Gasteiger partial charge in [-0.15, -0.1) is 0 Å². The predicted octanol–water partition coefficient (Wildman–Crippen LogP) is -1.52. The van der Waals surface area contributed by atoms with Crippen molar-refractivity contribution < 1.29 is 24.5 Å². The summed E-state index contributed by atoms with van der Waals surface area (Å²) in [4.78, 5) is 20.5. The Morgan fingerprint density at radius 2 is 2.00 bits per heavy atom. The Morgan fingerprint density at radius 1 is 1.40 bits per heavy atom. The summed E-state index contributed by atoms with van der Waals surface area (Å²) in [6.07, 6.45) is -0.453. The van der Waals surface area contributed by atoms with E-state index in [0.717, 1.165) is 0 Å². The number of hydrogen-bond donors (Lipinski definition) is 4. The van der Waals surface area contributed by atoms with Gasteiger partial charge in [0, 0.05) is 12.6 Å². The van der Waals surface area contributed by atoms with E-state index in [1.807, 2.05) is 0 Å². The van der Waals surface area contributed by atoms with Crippen LogP contribution in [0.3, 0.4) is 0 Å². The highest BCUT2D eigenvalue weighted by Crippen LogP contribution is 1.97. The molecule has 0 aliphatic carbocycles. The van der Waals surface area contributed by atoms with Gasteiger partial charge < -0.3 is 26.0 Å². The van der Waals surface area contributed by atoms with Crippen LogP contribution in [0.2, 0.25) is 0 Å². The molecular formula is C8H16N2O5. The molecule has 7 heteroatoms. The van der Waals surface area contributed by atoms with Gasteiger partial charge in [0.05, 0.1) is 12.6 Å². The van der Waals surface area contributed by atoms with Crippen molar-refractivity contribution in [2.24, 2.45) is 5.73 Å². The van der Waals surface area contributed by atoms with Crippen LogP contribution in [0.4, 0.5) is 0 Å². The number of carboxylic acids is 2. The van der Waals surface area contributed by atoms with Gasteiger partial charge in [0.1, 0.15) is 6.61 Å². The quantitative estimate of drug-likeness (QED) is 0.391. The van der Waals surface area contributed by atoms with E-state index in [1.54, 1.807) is 6.92 Å². The van der Waals surface area contributed by atoms with Gasteiger partial charge in [-0.1, -0.05) is 0 Å². The molecule has 0 fully saturated rings. The summed E-state index contributed by atoms with van der Waals surface area (Å²) in [7, 11) is 0. The van der Waals surface area contributed by atoms with E-state index in [2.05, 4.69) is 5.32 Å². The molecule has 0 radical (unpaired) electrons. The maximum Gasteiger partial charge on any atom is 0.329 e. The Bertz CT molecular complexity index is 221. The van der Waals surface area contributed by atoms with E-state index >= 15 is 0 Å². The van der Waals surface area contributed by atoms with Crippen LogP contribution in [0.1, 0.15) is 6.92 Å². The number of carboxylic acid groups (broad SMARTS) is 2. The fourth-order valence-electron chi connectivity index (χ4n) is 0.978. The Balaban J connectivity index is 3.92. The molecule has 0 saturated heterocycles. The molecule has 0 rings (SSSR count). The number of nitrogens with two attached hydrogens (primary N) is 1. The molecule has 0 aliphatic rings. The summed E-state index contributed by atoms with van der Waals surface area (Å²) in [5.74, 6) is -2.07. The number of hydrogen-bond acceptors (Lipinski definition) is 5. The smallest absolute Gasteiger partial charge is 0.329 e. The van der Waals surface area contributed by atoms with Gasteiger partial charge in [-0.2, -0.15) is 0 Å². The SMILES string of the molecule is CC(OCC(=O)O)C(CN)NCC(=O)O. The van der Waals surface area contributed by atoms with Crippen LogP contribution >= 0.6 is 0 Å². The first-order chi connectivity index (χ1) is 6.97. The van der Waals surface area contributed by atoms with Crippen molar-refractivity contribution in [3.8, 4) is 0 Å².